The number of thiazole rings is 1. The van der Waals surface area contributed by atoms with E-state index >= 15 is 0 Å². The first-order valence-electron chi connectivity index (χ1n) is 13.4. The lowest BCUT2D eigenvalue weighted by atomic mass is 9.95. The predicted molar refractivity (Wildman–Crippen MR) is 168 cm³/mol. The molecule has 2 aromatic heterocycles. The number of ether oxygens (including phenoxy) is 3. The van der Waals surface area contributed by atoms with Crippen molar-refractivity contribution in [1.29, 1.82) is 0 Å². The maximum absolute atomic E-state index is 14.0. The highest BCUT2D eigenvalue weighted by atomic mass is 79.9. The van der Waals surface area contributed by atoms with Gasteiger partial charge < -0.3 is 23.7 Å². The van der Waals surface area contributed by atoms with Crippen molar-refractivity contribution in [3.05, 3.63) is 99.8 Å². The summed E-state index contributed by atoms with van der Waals surface area (Å²) >= 11 is 10.9. The number of carboxylic acids is 1. The van der Waals surface area contributed by atoms with Crippen molar-refractivity contribution in [1.82, 2.24) is 4.57 Å². The average molecular weight is 702 g/mol. The fourth-order valence-electron chi connectivity index (χ4n) is 4.83. The fraction of sp³-hybridized carbons (Fsp3) is 0.226. The molecule has 10 nitrogen and oxygen atoms in total. The zero-order chi connectivity index (χ0) is 31.7. The number of esters is 1. The van der Waals surface area contributed by atoms with E-state index in [1.165, 1.54) is 23.8 Å². The Morgan fingerprint density at radius 2 is 1.93 bits per heavy atom. The molecule has 0 radical (unpaired) electrons. The van der Waals surface area contributed by atoms with E-state index in [1.807, 2.05) is 6.92 Å². The summed E-state index contributed by atoms with van der Waals surface area (Å²) in [5.41, 5.74) is 1.39. The van der Waals surface area contributed by atoms with Crippen molar-refractivity contribution in [2.24, 2.45) is 4.99 Å². The molecule has 4 aromatic rings. The largest absolute Gasteiger partial charge is 0.493 e. The molecule has 228 valence electrons. The van der Waals surface area contributed by atoms with Crippen molar-refractivity contribution >= 4 is 56.9 Å². The van der Waals surface area contributed by atoms with Gasteiger partial charge in [0.1, 0.15) is 11.5 Å². The van der Waals surface area contributed by atoms with E-state index in [0.717, 1.165) is 11.3 Å². The number of hydrogen-bond donors (Lipinski definition) is 1. The highest BCUT2D eigenvalue weighted by Crippen LogP contribution is 2.41. The minimum Gasteiger partial charge on any atom is -0.493 e. The van der Waals surface area contributed by atoms with Gasteiger partial charge in [-0.1, -0.05) is 44.9 Å². The second kappa shape index (κ2) is 12.8. The lowest BCUT2D eigenvalue weighted by Gasteiger charge is -2.26. The number of carbonyl (C=O) groups excluding carboxylic acids is 1. The molecule has 0 fully saturated rings. The molecule has 0 spiro atoms. The number of halogens is 2. The quantitative estimate of drug-likeness (QED) is 0.224. The van der Waals surface area contributed by atoms with Crippen LogP contribution < -0.4 is 24.4 Å². The van der Waals surface area contributed by atoms with Crippen LogP contribution in [0.15, 0.2) is 72.4 Å². The summed E-state index contributed by atoms with van der Waals surface area (Å²) in [6.45, 7) is 5.83. The molecule has 1 atom stereocenters. The van der Waals surface area contributed by atoms with Gasteiger partial charge in [-0.25, -0.2) is 14.6 Å². The first kappa shape index (κ1) is 31.3. The first-order chi connectivity index (χ1) is 21.1. The summed E-state index contributed by atoms with van der Waals surface area (Å²) < 4.78 is 25.0. The molecule has 5 rings (SSSR count). The SMILES string of the molecule is CCOC(=O)C1=C(C)N=c2s/c(=C/c3ccc(-c4ccc(C(=O)O)c(Cl)c4)o3)c(=O)n2[C@H]1c1cc(OC)c(OCC)cc1Br. The molecular weight excluding hydrogens is 676 g/mol. The lowest BCUT2D eigenvalue weighted by Crippen LogP contribution is -2.40. The molecule has 2 aromatic carbocycles. The van der Waals surface area contributed by atoms with Crippen LogP contribution in [0.2, 0.25) is 5.02 Å². The minimum absolute atomic E-state index is 0.0212. The number of allylic oxidation sites excluding steroid dienone is 1. The maximum atomic E-state index is 14.0. The second-order valence-electron chi connectivity index (χ2n) is 9.46. The zero-order valence-corrected chi connectivity index (χ0v) is 27.1. The highest BCUT2D eigenvalue weighted by Gasteiger charge is 2.35. The van der Waals surface area contributed by atoms with E-state index in [9.17, 15) is 19.5 Å². The average Bonchev–Trinajstić information content (AvgIpc) is 3.56. The number of aromatic nitrogens is 1. The van der Waals surface area contributed by atoms with Crippen molar-refractivity contribution in [2.45, 2.75) is 26.8 Å². The Labute approximate surface area is 268 Å². The molecule has 0 amide bonds. The standard InChI is InChI=1S/C31H26BrClN2O8S/c1-5-41-24-14-20(32)19(13-23(24)40-4)27-26(30(39)42-6-2)15(3)34-31-35(27)28(36)25(44-31)12-17-8-10-22(43-17)16-7-9-18(29(37)38)21(33)11-16/h7-14,27H,5-6H2,1-4H3,(H,37,38)/b25-12+/t27-/m0/s1. The number of rotatable bonds is 9. The summed E-state index contributed by atoms with van der Waals surface area (Å²) in [7, 11) is 1.51. The van der Waals surface area contributed by atoms with Gasteiger partial charge >= 0.3 is 11.9 Å². The Balaban J connectivity index is 1.65. The van der Waals surface area contributed by atoms with E-state index in [4.69, 9.17) is 30.2 Å². The molecule has 44 heavy (non-hydrogen) atoms. The number of hydrogen-bond acceptors (Lipinski definition) is 9. The number of furan rings is 1. The Morgan fingerprint density at radius 1 is 1.16 bits per heavy atom. The molecular formula is C31H26BrClN2O8S. The van der Waals surface area contributed by atoms with Crippen molar-refractivity contribution < 1.29 is 33.3 Å². The van der Waals surface area contributed by atoms with Crippen molar-refractivity contribution in [3.8, 4) is 22.8 Å². The summed E-state index contributed by atoms with van der Waals surface area (Å²) in [5.74, 6) is 0.0362. The van der Waals surface area contributed by atoms with Gasteiger partial charge in [0.2, 0.25) is 0 Å². The molecule has 1 aliphatic rings. The molecule has 3 heterocycles. The fourth-order valence-corrected chi connectivity index (χ4v) is 6.66. The lowest BCUT2D eigenvalue weighted by molar-refractivity contribution is -0.139. The van der Waals surface area contributed by atoms with E-state index in [-0.39, 0.29) is 28.3 Å². The molecule has 1 aliphatic heterocycles. The second-order valence-corrected chi connectivity index (χ2v) is 11.7. The van der Waals surface area contributed by atoms with Crippen LogP contribution >= 0.6 is 38.9 Å². The van der Waals surface area contributed by atoms with Gasteiger partial charge in [0.05, 0.1) is 52.8 Å². The zero-order valence-electron chi connectivity index (χ0n) is 24.0. The molecule has 0 saturated heterocycles. The summed E-state index contributed by atoms with van der Waals surface area (Å²) in [5, 5.41) is 9.33. The molecule has 0 unspecified atom stereocenters. The van der Waals surface area contributed by atoms with Crippen LogP contribution in [0.3, 0.4) is 0 Å². The molecule has 0 aliphatic carbocycles. The third kappa shape index (κ3) is 5.84. The monoisotopic (exact) mass is 700 g/mol. The predicted octanol–water partition coefficient (Wildman–Crippen LogP) is 5.58. The smallest absolute Gasteiger partial charge is 0.338 e. The Morgan fingerprint density at radius 3 is 2.59 bits per heavy atom. The molecule has 13 heteroatoms. The Kier molecular flexibility index (Phi) is 9.14. The third-order valence-corrected chi connectivity index (χ3v) is 8.76. The topological polar surface area (TPSA) is 130 Å². The molecule has 0 saturated carbocycles. The Hall–Kier alpha value is -4.13. The third-order valence-electron chi connectivity index (χ3n) is 6.78. The number of methoxy groups -OCH3 is 1. The van der Waals surface area contributed by atoms with E-state index in [2.05, 4.69) is 20.9 Å². The van der Waals surface area contributed by atoms with Gasteiger partial charge in [0.15, 0.2) is 16.3 Å². The number of nitrogens with zero attached hydrogens (tertiary/aromatic N) is 2. The van der Waals surface area contributed by atoms with Gasteiger partial charge in [0, 0.05) is 16.1 Å². The van der Waals surface area contributed by atoms with Crippen LogP contribution in [0.1, 0.15) is 48.5 Å². The number of fused-ring (bicyclic) bond motifs is 1. The number of carboxylic acid groups (broad SMARTS) is 1. The van der Waals surface area contributed by atoms with Crippen LogP contribution in [0.4, 0.5) is 0 Å². The van der Waals surface area contributed by atoms with Crippen LogP contribution in [0.5, 0.6) is 11.5 Å². The van der Waals surface area contributed by atoms with Crippen LogP contribution in [-0.2, 0) is 9.53 Å². The van der Waals surface area contributed by atoms with E-state index in [0.29, 0.717) is 60.3 Å². The van der Waals surface area contributed by atoms with E-state index in [1.54, 1.807) is 50.3 Å². The van der Waals surface area contributed by atoms with Gasteiger partial charge in [-0.15, -0.1) is 0 Å². The Bertz CT molecular complexity index is 2010. The highest BCUT2D eigenvalue weighted by molar-refractivity contribution is 9.10. The van der Waals surface area contributed by atoms with Crippen molar-refractivity contribution in [2.75, 3.05) is 20.3 Å². The number of benzene rings is 2. The maximum Gasteiger partial charge on any atom is 0.338 e. The number of carbonyl (C=O) groups is 2. The van der Waals surface area contributed by atoms with Gasteiger partial charge in [-0.2, -0.15) is 0 Å². The van der Waals surface area contributed by atoms with Gasteiger partial charge in [-0.05, 0) is 62.7 Å². The van der Waals surface area contributed by atoms with E-state index < -0.39 is 18.0 Å². The van der Waals surface area contributed by atoms with Gasteiger partial charge in [0.25, 0.3) is 5.56 Å². The normalized spacial score (nSPS) is 14.7. The van der Waals surface area contributed by atoms with Crippen LogP contribution in [0.25, 0.3) is 17.4 Å². The minimum atomic E-state index is -1.13. The summed E-state index contributed by atoms with van der Waals surface area (Å²) in [6.07, 6.45) is 1.59. The summed E-state index contributed by atoms with van der Waals surface area (Å²) in [6, 6.07) is 10.5. The van der Waals surface area contributed by atoms with Crippen LogP contribution in [-0.4, -0.2) is 41.9 Å². The van der Waals surface area contributed by atoms with Gasteiger partial charge in [-0.3, -0.25) is 9.36 Å². The molecule has 1 N–H and O–H groups in total. The molecule has 0 bridgehead atoms. The summed E-state index contributed by atoms with van der Waals surface area (Å²) in [4.78, 5) is 43.6. The van der Waals surface area contributed by atoms with Crippen LogP contribution in [0, 0.1) is 0 Å². The number of aromatic carboxylic acids is 1. The van der Waals surface area contributed by atoms with Crippen molar-refractivity contribution in [3.63, 3.8) is 0 Å². The first-order valence-corrected chi connectivity index (χ1v) is 15.4.